The van der Waals surface area contributed by atoms with E-state index in [-0.39, 0.29) is 0 Å². The highest BCUT2D eigenvalue weighted by molar-refractivity contribution is 5.64. The van der Waals surface area contributed by atoms with Crippen LogP contribution in [0.15, 0.2) is 48.8 Å². The zero-order valence-corrected chi connectivity index (χ0v) is 10.7. The minimum Gasteiger partial charge on any atom is -0.497 e. The third-order valence-electron chi connectivity index (χ3n) is 3.15. The van der Waals surface area contributed by atoms with E-state index in [1.54, 1.807) is 7.11 Å². The molecular formula is C15H15N3O. The van der Waals surface area contributed by atoms with E-state index in [2.05, 4.69) is 9.38 Å². The summed E-state index contributed by atoms with van der Waals surface area (Å²) in [5.74, 6) is 1.72. The smallest absolute Gasteiger partial charge is 0.144 e. The van der Waals surface area contributed by atoms with Gasteiger partial charge >= 0.3 is 0 Å². The number of hydrogen-bond donors (Lipinski definition) is 1. The fourth-order valence-corrected chi connectivity index (χ4v) is 2.13. The van der Waals surface area contributed by atoms with Crippen LogP contribution in [0.1, 0.15) is 5.56 Å². The number of pyridine rings is 1. The molecule has 2 N–H and O–H groups in total. The Morgan fingerprint density at radius 2 is 2.16 bits per heavy atom. The van der Waals surface area contributed by atoms with Gasteiger partial charge < -0.3 is 10.5 Å². The molecular weight excluding hydrogens is 238 g/mol. The molecule has 0 fully saturated rings. The van der Waals surface area contributed by atoms with Crippen molar-refractivity contribution in [1.82, 2.24) is 9.38 Å². The maximum Gasteiger partial charge on any atom is 0.144 e. The van der Waals surface area contributed by atoms with E-state index in [1.807, 2.05) is 48.8 Å². The van der Waals surface area contributed by atoms with Crippen LogP contribution in [0.25, 0.3) is 16.9 Å². The van der Waals surface area contributed by atoms with E-state index in [9.17, 15) is 0 Å². The molecule has 3 aromatic rings. The first-order chi connectivity index (χ1) is 9.31. The fraction of sp³-hybridized carbons (Fsp3) is 0.133. The Hall–Kier alpha value is -2.33. The molecule has 4 nitrogen and oxygen atoms in total. The zero-order valence-electron chi connectivity index (χ0n) is 10.7. The van der Waals surface area contributed by atoms with Crippen LogP contribution >= 0.6 is 0 Å². The Labute approximate surface area is 111 Å². The predicted molar refractivity (Wildman–Crippen MR) is 75.1 cm³/mol. The van der Waals surface area contributed by atoms with Gasteiger partial charge in [-0.3, -0.25) is 4.40 Å². The summed E-state index contributed by atoms with van der Waals surface area (Å²) in [5.41, 5.74) is 8.84. The second kappa shape index (κ2) is 4.74. The van der Waals surface area contributed by atoms with E-state index in [1.165, 1.54) is 0 Å². The molecule has 4 heteroatoms. The van der Waals surface area contributed by atoms with Gasteiger partial charge in [0.2, 0.25) is 0 Å². The van der Waals surface area contributed by atoms with E-state index < -0.39 is 0 Å². The third kappa shape index (κ3) is 2.06. The highest BCUT2D eigenvalue weighted by atomic mass is 16.5. The first-order valence-electron chi connectivity index (χ1n) is 6.12. The molecule has 96 valence electrons. The van der Waals surface area contributed by atoms with Crippen LogP contribution in [-0.2, 0) is 6.54 Å². The number of nitrogens with two attached hydrogens (primary N) is 1. The molecule has 0 unspecified atom stereocenters. The Balaban J connectivity index is 2.18. The summed E-state index contributed by atoms with van der Waals surface area (Å²) in [6.07, 6.45) is 3.88. The molecule has 0 amide bonds. The zero-order chi connectivity index (χ0) is 13.2. The fourth-order valence-electron chi connectivity index (χ4n) is 2.13. The summed E-state index contributed by atoms with van der Waals surface area (Å²) in [6.45, 7) is 0.520. The van der Waals surface area contributed by atoms with Crippen molar-refractivity contribution in [3.05, 3.63) is 54.4 Å². The monoisotopic (exact) mass is 253 g/mol. The number of rotatable bonds is 3. The van der Waals surface area contributed by atoms with Crippen LogP contribution in [0.2, 0.25) is 0 Å². The standard InChI is InChI=1S/C15H15N3O/c1-19-14-4-2-3-12(7-14)15-17-9-13-6-5-11(8-16)10-18(13)15/h2-7,9-10H,8,16H2,1H3. The van der Waals surface area contributed by atoms with Gasteiger partial charge in [-0.1, -0.05) is 18.2 Å². The molecule has 0 saturated carbocycles. The summed E-state index contributed by atoms with van der Waals surface area (Å²) in [7, 11) is 1.66. The van der Waals surface area contributed by atoms with Crippen LogP contribution in [0.4, 0.5) is 0 Å². The molecule has 3 rings (SSSR count). The van der Waals surface area contributed by atoms with Crippen molar-refractivity contribution in [3.8, 4) is 17.1 Å². The average molecular weight is 253 g/mol. The van der Waals surface area contributed by atoms with Crippen LogP contribution < -0.4 is 10.5 Å². The van der Waals surface area contributed by atoms with E-state index in [4.69, 9.17) is 10.5 Å². The summed E-state index contributed by atoms with van der Waals surface area (Å²) in [5, 5.41) is 0. The van der Waals surface area contributed by atoms with Gasteiger partial charge in [0, 0.05) is 18.3 Å². The van der Waals surface area contributed by atoms with E-state index in [0.717, 1.165) is 28.2 Å². The molecule has 1 aromatic carbocycles. The quantitative estimate of drug-likeness (QED) is 0.780. The first kappa shape index (κ1) is 11.7. The lowest BCUT2D eigenvalue weighted by Gasteiger charge is -2.05. The molecule has 0 bridgehead atoms. The largest absolute Gasteiger partial charge is 0.497 e. The minimum absolute atomic E-state index is 0.520. The van der Waals surface area contributed by atoms with Crippen molar-refractivity contribution in [1.29, 1.82) is 0 Å². The van der Waals surface area contributed by atoms with E-state index >= 15 is 0 Å². The SMILES string of the molecule is COc1cccc(-c2ncc3ccc(CN)cn23)c1. The molecule has 0 aliphatic heterocycles. The highest BCUT2D eigenvalue weighted by Crippen LogP contribution is 2.24. The van der Waals surface area contributed by atoms with Crippen LogP contribution in [-0.4, -0.2) is 16.5 Å². The van der Waals surface area contributed by atoms with Gasteiger partial charge in [-0.2, -0.15) is 0 Å². The molecule has 0 radical (unpaired) electrons. The van der Waals surface area contributed by atoms with Crippen LogP contribution in [0.5, 0.6) is 5.75 Å². The number of benzene rings is 1. The second-order valence-corrected chi connectivity index (χ2v) is 4.35. The number of fused-ring (bicyclic) bond motifs is 1. The molecule has 0 aliphatic carbocycles. The lowest BCUT2D eigenvalue weighted by molar-refractivity contribution is 0.415. The van der Waals surface area contributed by atoms with Gasteiger partial charge in [0.25, 0.3) is 0 Å². The molecule has 0 saturated heterocycles. The number of aromatic nitrogens is 2. The number of methoxy groups -OCH3 is 1. The Morgan fingerprint density at radius 1 is 1.26 bits per heavy atom. The summed E-state index contributed by atoms with van der Waals surface area (Å²) < 4.78 is 7.31. The van der Waals surface area contributed by atoms with Crippen LogP contribution in [0, 0.1) is 0 Å². The van der Waals surface area contributed by atoms with Crippen molar-refractivity contribution in [2.45, 2.75) is 6.54 Å². The second-order valence-electron chi connectivity index (χ2n) is 4.35. The first-order valence-corrected chi connectivity index (χ1v) is 6.12. The normalized spacial score (nSPS) is 10.8. The number of imidazole rings is 1. The van der Waals surface area contributed by atoms with Gasteiger partial charge in [-0.05, 0) is 23.8 Å². The van der Waals surface area contributed by atoms with Gasteiger partial charge in [-0.15, -0.1) is 0 Å². The van der Waals surface area contributed by atoms with Gasteiger partial charge in [0.05, 0.1) is 18.8 Å². The number of hydrogen-bond acceptors (Lipinski definition) is 3. The lowest BCUT2D eigenvalue weighted by atomic mass is 10.2. The summed E-state index contributed by atoms with van der Waals surface area (Å²) >= 11 is 0. The maximum atomic E-state index is 5.69. The van der Waals surface area contributed by atoms with Crippen LogP contribution in [0.3, 0.4) is 0 Å². The molecule has 2 aromatic heterocycles. The lowest BCUT2D eigenvalue weighted by Crippen LogP contribution is -1.99. The van der Waals surface area contributed by atoms with E-state index in [0.29, 0.717) is 6.54 Å². The topological polar surface area (TPSA) is 52.5 Å². The summed E-state index contributed by atoms with van der Waals surface area (Å²) in [4.78, 5) is 4.48. The minimum atomic E-state index is 0.520. The van der Waals surface area contributed by atoms with Gasteiger partial charge in [-0.25, -0.2) is 4.98 Å². The predicted octanol–water partition coefficient (Wildman–Crippen LogP) is 2.47. The highest BCUT2D eigenvalue weighted by Gasteiger charge is 2.07. The molecule has 0 aliphatic rings. The van der Waals surface area contributed by atoms with Crippen molar-refractivity contribution in [2.24, 2.45) is 5.73 Å². The van der Waals surface area contributed by atoms with Gasteiger partial charge in [0.15, 0.2) is 0 Å². The summed E-state index contributed by atoms with van der Waals surface area (Å²) in [6, 6.07) is 11.9. The van der Waals surface area contributed by atoms with Gasteiger partial charge in [0.1, 0.15) is 11.6 Å². The van der Waals surface area contributed by atoms with Crippen molar-refractivity contribution in [3.63, 3.8) is 0 Å². The van der Waals surface area contributed by atoms with Crippen molar-refractivity contribution in [2.75, 3.05) is 7.11 Å². The maximum absolute atomic E-state index is 5.69. The third-order valence-corrected chi connectivity index (χ3v) is 3.15. The number of ether oxygens (including phenoxy) is 1. The molecule has 0 spiro atoms. The molecule has 2 heterocycles. The Bertz CT molecular complexity index is 718. The number of nitrogens with zero attached hydrogens (tertiary/aromatic N) is 2. The molecule has 0 atom stereocenters. The van der Waals surface area contributed by atoms with Crippen molar-refractivity contribution >= 4 is 5.52 Å². The van der Waals surface area contributed by atoms with Crippen molar-refractivity contribution < 1.29 is 4.74 Å². The Kier molecular flexibility index (Phi) is 2.93. The average Bonchev–Trinajstić information content (AvgIpc) is 2.90. The Morgan fingerprint density at radius 3 is 2.95 bits per heavy atom. The molecule has 19 heavy (non-hydrogen) atoms.